The number of aliphatic imine (C=N–C) groups is 1. The van der Waals surface area contributed by atoms with E-state index >= 15 is 0 Å². The van der Waals surface area contributed by atoms with Crippen LogP contribution in [0, 0.1) is 5.82 Å². The van der Waals surface area contributed by atoms with E-state index in [2.05, 4.69) is 32.9 Å². The number of nitrogens with one attached hydrogen (secondary N) is 2. The Hall–Kier alpha value is -1.95. The average Bonchev–Trinajstić information content (AvgIpc) is 3.04. The summed E-state index contributed by atoms with van der Waals surface area (Å²) in [6.45, 7) is 6.26. The molecule has 0 unspecified atom stereocenters. The minimum atomic E-state index is -0.156. The van der Waals surface area contributed by atoms with Gasteiger partial charge in [-0.2, -0.15) is 0 Å². The van der Waals surface area contributed by atoms with E-state index in [1.165, 1.54) is 11.1 Å². The van der Waals surface area contributed by atoms with Crippen molar-refractivity contribution in [2.24, 2.45) is 4.99 Å². The highest BCUT2D eigenvalue weighted by Gasteiger charge is 2.03. The topological polar surface area (TPSA) is 49.3 Å². The Morgan fingerprint density at radius 3 is 2.75 bits per heavy atom. The molecule has 0 aliphatic heterocycles. The number of thiazole rings is 1. The van der Waals surface area contributed by atoms with E-state index in [0.717, 1.165) is 36.6 Å². The number of benzene rings is 1. The number of rotatable bonds is 8. The van der Waals surface area contributed by atoms with Crippen LogP contribution in [0.5, 0.6) is 0 Å². The second kappa shape index (κ2) is 10.0. The Bertz CT molecular complexity index is 654. The van der Waals surface area contributed by atoms with E-state index in [-0.39, 0.29) is 5.82 Å². The van der Waals surface area contributed by atoms with Crippen molar-refractivity contribution in [2.45, 2.75) is 33.1 Å². The average molecular weight is 348 g/mol. The minimum absolute atomic E-state index is 0.156. The molecule has 0 fully saturated rings. The summed E-state index contributed by atoms with van der Waals surface area (Å²) in [7, 11) is 0. The molecular weight excluding hydrogens is 323 g/mol. The summed E-state index contributed by atoms with van der Waals surface area (Å²) in [6, 6.07) is 6.87. The molecule has 2 rings (SSSR count). The van der Waals surface area contributed by atoms with Crippen LogP contribution in [0.1, 0.15) is 30.1 Å². The fourth-order valence-electron chi connectivity index (χ4n) is 2.27. The van der Waals surface area contributed by atoms with Crippen molar-refractivity contribution in [3.05, 3.63) is 51.7 Å². The van der Waals surface area contributed by atoms with Crippen LogP contribution in [0.25, 0.3) is 0 Å². The predicted molar refractivity (Wildman–Crippen MR) is 99.3 cm³/mol. The van der Waals surface area contributed by atoms with Gasteiger partial charge in [0.25, 0.3) is 0 Å². The van der Waals surface area contributed by atoms with Gasteiger partial charge in [0.2, 0.25) is 0 Å². The summed E-state index contributed by atoms with van der Waals surface area (Å²) < 4.78 is 13.6. The van der Waals surface area contributed by atoms with E-state index in [9.17, 15) is 4.39 Å². The Labute approximate surface area is 147 Å². The molecule has 1 aromatic carbocycles. The van der Waals surface area contributed by atoms with Gasteiger partial charge in [-0.25, -0.2) is 9.37 Å². The molecule has 1 aromatic heterocycles. The molecule has 0 aliphatic rings. The largest absolute Gasteiger partial charge is 0.357 e. The van der Waals surface area contributed by atoms with Gasteiger partial charge in [-0.15, -0.1) is 11.3 Å². The summed E-state index contributed by atoms with van der Waals surface area (Å²) in [5.74, 6) is 0.608. The SMILES string of the molecule is CCNC(=NCCc1csc(CC)n1)NCCc1ccccc1F. The molecule has 0 radical (unpaired) electrons. The van der Waals surface area contributed by atoms with Gasteiger partial charge in [0.15, 0.2) is 5.96 Å². The molecule has 2 N–H and O–H groups in total. The zero-order valence-corrected chi connectivity index (χ0v) is 15.1. The van der Waals surface area contributed by atoms with Crippen LogP contribution in [0.2, 0.25) is 0 Å². The summed E-state index contributed by atoms with van der Waals surface area (Å²) in [5.41, 5.74) is 1.82. The van der Waals surface area contributed by atoms with E-state index in [0.29, 0.717) is 19.5 Å². The minimum Gasteiger partial charge on any atom is -0.357 e. The van der Waals surface area contributed by atoms with Crippen molar-refractivity contribution in [1.29, 1.82) is 0 Å². The Kier molecular flexibility index (Phi) is 7.68. The molecular formula is C18H25FN4S. The molecule has 0 saturated heterocycles. The van der Waals surface area contributed by atoms with Crippen LogP contribution in [0.15, 0.2) is 34.6 Å². The lowest BCUT2D eigenvalue weighted by Gasteiger charge is -2.11. The number of halogens is 1. The molecule has 0 saturated carbocycles. The van der Waals surface area contributed by atoms with Gasteiger partial charge >= 0.3 is 0 Å². The molecule has 0 amide bonds. The first kappa shape index (κ1) is 18.4. The molecule has 2 aromatic rings. The molecule has 0 aliphatic carbocycles. The Balaban J connectivity index is 1.80. The predicted octanol–water partition coefficient (Wildman–Crippen LogP) is 3.18. The van der Waals surface area contributed by atoms with Gasteiger partial charge in [0.1, 0.15) is 5.82 Å². The first-order valence-electron chi connectivity index (χ1n) is 8.41. The molecule has 6 heteroatoms. The monoisotopic (exact) mass is 348 g/mol. The van der Waals surface area contributed by atoms with Crippen LogP contribution in [-0.4, -0.2) is 30.6 Å². The summed E-state index contributed by atoms with van der Waals surface area (Å²) in [6.07, 6.45) is 2.44. The number of hydrogen-bond donors (Lipinski definition) is 2. The molecule has 0 atom stereocenters. The van der Waals surface area contributed by atoms with E-state index in [1.807, 2.05) is 19.1 Å². The first-order chi connectivity index (χ1) is 11.7. The van der Waals surface area contributed by atoms with Crippen LogP contribution >= 0.6 is 11.3 Å². The molecule has 130 valence electrons. The second-order valence-corrected chi connectivity index (χ2v) is 6.31. The Morgan fingerprint density at radius 1 is 1.21 bits per heavy atom. The van der Waals surface area contributed by atoms with Gasteiger partial charge in [-0.05, 0) is 31.4 Å². The van der Waals surface area contributed by atoms with Crippen molar-refractivity contribution in [1.82, 2.24) is 15.6 Å². The molecule has 1 heterocycles. The fraction of sp³-hybridized carbons (Fsp3) is 0.444. The van der Waals surface area contributed by atoms with Crippen LogP contribution in [0.3, 0.4) is 0 Å². The number of hydrogen-bond acceptors (Lipinski definition) is 3. The van der Waals surface area contributed by atoms with Gasteiger partial charge < -0.3 is 10.6 Å². The molecule has 4 nitrogen and oxygen atoms in total. The second-order valence-electron chi connectivity index (χ2n) is 5.36. The van der Waals surface area contributed by atoms with Gasteiger partial charge in [0.05, 0.1) is 10.7 Å². The molecule has 0 spiro atoms. The maximum atomic E-state index is 13.6. The standard InChI is InChI=1S/C18H25FN4S/c1-3-17-23-15(13-24-17)10-12-22-18(20-4-2)21-11-9-14-7-5-6-8-16(14)19/h5-8,13H,3-4,9-12H2,1-2H3,(H2,20,21,22). The van der Waals surface area contributed by atoms with E-state index in [1.54, 1.807) is 17.4 Å². The van der Waals surface area contributed by atoms with Gasteiger partial charge in [-0.3, -0.25) is 4.99 Å². The zero-order valence-electron chi connectivity index (χ0n) is 14.3. The summed E-state index contributed by atoms with van der Waals surface area (Å²) in [5, 5.41) is 9.74. The highest BCUT2D eigenvalue weighted by Crippen LogP contribution is 2.10. The van der Waals surface area contributed by atoms with E-state index < -0.39 is 0 Å². The van der Waals surface area contributed by atoms with E-state index in [4.69, 9.17) is 0 Å². The maximum absolute atomic E-state index is 13.6. The third-order valence-corrected chi connectivity index (χ3v) is 4.57. The normalized spacial score (nSPS) is 11.5. The zero-order chi connectivity index (χ0) is 17.2. The summed E-state index contributed by atoms with van der Waals surface area (Å²) in [4.78, 5) is 9.11. The summed E-state index contributed by atoms with van der Waals surface area (Å²) >= 11 is 1.71. The van der Waals surface area contributed by atoms with Crippen LogP contribution < -0.4 is 10.6 Å². The smallest absolute Gasteiger partial charge is 0.191 e. The van der Waals surface area contributed by atoms with Crippen molar-refractivity contribution in [3.8, 4) is 0 Å². The molecule has 0 bridgehead atoms. The number of aryl methyl sites for hydroxylation is 1. The fourth-order valence-corrected chi connectivity index (χ4v) is 3.05. The third kappa shape index (κ3) is 5.92. The lowest BCUT2D eigenvalue weighted by atomic mass is 10.1. The van der Waals surface area contributed by atoms with Crippen molar-refractivity contribution < 1.29 is 4.39 Å². The van der Waals surface area contributed by atoms with Crippen LogP contribution in [-0.2, 0) is 19.3 Å². The van der Waals surface area contributed by atoms with Crippen molar-refractivity contribution in [3.63, 3.8) is 0 Å². The molecule has 24 heavy (non-hydrogen) atoms. The van der Waals surface area contributed by atoms with Gasteiger partial charge in [0, 0.05) is 31.4 Å². The highest BCUT2D eigenvalue weighted by molar-refractivity contribution is 7.09. The number of guanidine groups is 1. The lowest BCUT2D eigenvalue weighted by Crippen LogP contribution is -2.38. The van der Waals surface area contributed by atoms with Crippen LogP contribution in [0.4, 0.5) is 4.39 Å². The third-order valence-electron chi connectivity index (χ3n) is 3.53. The number of aromatic nitrogens is 1. The maximum Gasteiger partial charge on any atom is 0.191 e. The van der Waals surface area contributed by atoms with Crippen molar-refractivity contribution in [2.75, 3.05) is 19.6 Å². The van der Waals surface area contributed by atoms with Gasteiger partial charge in [-0.1, -0.05) is 25.1 Å². The highest BCUT2D eigenvalue weighted by atomic mass is 32.1. The quantitative estimate of drug-likeness (QED) is 0.569. The first-order valence-corrected chi connectivity index (χ1v) is 9.29. The number of nitrogens with zero attached hydrogens (tertiary/aromatic N) is 2. The van der Waals surface area contributed by atoms with Crippen molar-refractivity contribution >= 4 is 17.3 Å². The lowest BCUT2D eigenvalue weighted by molar-refractivity contribution is 0.606. The Morgan fingerprint density at radius 2 is 2.04 bits per heavy atom.